The third-order valence-electron chi connectivity index (χ3n) is 3.22. The number of thioether (sulfide) groups is 1. The third-order valence-corrected chi connectivity index (χ3v) is 4.12. The van der Waals surface area contributed by atoms with Gasteiger partial charge in [0.1, 0.15) is 0 Å². The number of hydrogen-bond donors (Lipinski definition) is 1. The lowest BCUT2D eigenvalue weighted by atomic mass is 9.80. The topological polar surface area (TPSA) is 57.6 Å². The van der Waals surface area contributed by atoms with E-state index in [-0.39, 0.29) is 22.8 Å². The van der Waals surface area contributed by atoms with Gasteiger partial charge in [0.25, 0.3) is 0 Å². The Bertz CT molecular complexity index is 299. The Kier molecular flexibility index (Phi) is 4.86. The average molecular weight is 259 g/mol. The summed E-state index contributed by atoms with van der Waals surface area (Å²) in [5.41, 5.74) is 0.239. The maximum atomic E-state index is 11.8. The first-order valence-electron chi connectivity index (χ1n) is 5.88. The van der Waals surface area contributed by atoms with Crippen LogP contribution in [0.4, 0.5) is 0 Å². The molecule has 17 heavy (non-hydrogen) atoms. The molecular formula is C12H21NO3S. The molecule has 0 aliphatic carbocycles. The zero-order valence-corrected chi connectivity index (χ0v) is 11.5. The van der Waals surface area contributed by atoms with Gasteiger partial charge in [-0.2, -0.15) is 0 Å². The Morgan fingerprint density at radius 1 is 1.35 bits per heavy atom. The number of carboxylic acids is 1. The Hall–Kier alpha value is -0.710. The summed E-state index contributed by atoms with van der Waals surface area (Å²) in [6.45, 7) is 8.23. The van der Waals surface area contributed by atoms with E-state index in [9.17, 15) is 9.59 Å². The van der Waals surface area contributed by atoms with Gasteiger partial charge < -0.3 is 10.0 Å². The lowest BCUT2D eigenvalue weighted by molar-refractivity contribution is -0.133. The summed E-state index contributed by atoms with van der Waals surface area (Å²) in [5.74, 6) is 0.0431. The van der Waals surface area contributed by atoms with E-state index in [0.29, 0.717) is 5.92 Å². The van der Waals surface area contributed by atoms with Crippen LogP contribution in [0.1, 0.15) is 27.2 Å². The first kappa shape index (κ1) is 14.4. The van der Waals surface area contributed by atoms with Crippen LogP contribution in [0, 0.1) is 11.3 Å². The number of nitrogens with zero attached hydrogens (tertiary/aromatic N) is 1. The molecule has 0 aromatic heterocycles. The van der Waals surface area contributed by atoms with Gasteiger partial charge in [-0.15, -0.1) is 11.8 Å². The Morgan fingerprint density at radius 3 is 2.47 bits per heavy atom. The fourth-order valence-electron chi connectivity index (χ4n) is 2.01. The number of likely N-dealkylation sites (tertiary alicyclic amines) is 1. The summed E-state index contributed by atoms with van der Waals surface area (Å²) in [7, 11) is 0. The molecule has 4 nitrogen and oxygen atoms in total. The number of rotatable bonds is 4. The smallest absolute Gasteiger partial charge is 0.313 e. The lowest BCUT2D eigenvalue weighted by Crippen LogP contribution is -2.32. The van der Waals surface area contributed by atoms with E-state index in [0.717, 1.165) is 19.5 Å². The minimum Gasteiger partial charge on any atom is -0.481 e. The van der Waals surface area contributed by atoms with Gasteiger partial charge >= 0.3 is 5.97 Å². The van der Waals surface area contributed by atoms with E-state index < -0.39 is 5.97 Å². The van der Waals surface area contributed by atoms with Gasteiger partial charge in [-0.25, -0.2) is 0 Å². The fourth-order valence-corrected chi connectivity index (χ4v) is 2.64. The summed E-state index contributed by atoms with van der Waals surface area (Å²) in [6, 6.07) is 0. The fraction of sp³-hybridized carbons (Fsp3) is 0.833. The van der Waals surface area contributed by atoms with Crippen LogP contribution < -0.4 is 0 Å². The van der Waals surface area contributed by atoms with Gasteiger partial charge in [0.2, 0.25) is 5.91 Å². The molecule has 1 heterocycles. The minimum atomic E-state index is -0.864. The summed E-state index contributed by atoms with van der Waals surface area (Å²) >= 11 is 1.17. The molecule has 1 amide bonds. The number of aliphatic carboxylic acids is 1. The number of carbonyl (C=O) groups is 2. The first-order chi connectivity index (χ1) is 7.80. The molecule has 0 aromatic rings. The molecule has 98 valence electrons. The van der Waals surface area contributed by atoms with Gasteiger partial charge in [-0.1, -0.05) is 20.8 Å². The normalized spacial score (nSPS) is 20.6. The second kappa shape index (κ2) is 5.76. The third kappa shape index (κ3) is 4.58. The van der Waals surface area contributed by atoms with Crippen molar-refractivity contribution in [3.8, 4) is 0 Å². The monoisotopic (exact) mass is 259 g/mol. The van der Waals surface area contributed by atoms with Crippen molar-refractivity contribution in [2.75, 3.05) is 24.6 Å². The standard InChI is InChI=1S/C12H21NO3S/c1-12(2,3)9-4-5-13(6-9)10(14)7-17-8-11(15)16/h9H,4-8H2,1-3H3,(H,15,16). The molecule has 5 heteroatoms. The van der Waals surface area contributed by atoms with Crippen molar-refractivity contribution in [3.63, 3.8) is 0 Å². The highest BCUT2D eigenvalue weighted by Crippen LogP contribution is 2.33. The zero-order chi connectivity index (χ0) is 13.1. The van der Waals surface area contributed by atoms with Crippen molar-refractivity contribution in [3.05, 3.63) is 0 Å². The largest absolute Gasteiger partial charge is 0.481 e. The summed E-state index contributed by atoms with van der Waals surface area (Å²) < 4.78 is 0. The molecule has 1 atom stereocenters. The Balaban J connectivity index is 2.33. The molecule has 1 N–H and O–H groups in total. The average Bonchev–Trinajstić information content (AvgIpc) is 2.64. The summed E-state index contributed by atoms with van der Waals surface area (Å²) in [5, 5.41) is 8.49. The molecule has 0 radical (unpaired) electrons. The van der Waals surface area contributed by atoms with Gasteiger partial charge in [-0.05, 0) is 17.8 Å². The van der Waals surface area contributed by atoms with Crippen molar-refractivity contribution in [1.82, 2.24) is 4.90 Å². The Morgan fingerprint density at radius 2 is 2.00 bits per heavy atom. The van der Waals surface area contributed by atoms with Crippen LogP contribution in [0.3, 0.4) is 0 Å². The van der Waals surface area contributed by atoms with E-state index >= 15 is 0 Å². The Labute approximate surface area is 107 Å². The maximum absolute atomic E-state index is 11.8. The van der Waals surface area contributed by atoms with Crippen LogP contribution in [0.2, 0.25) is 0 Å². The van der Waals surface area contributed by atoms with E-state index in [2.05, 4.69) is 20.8 Å². The molecule has 0 spiro atoms. The first-order valence-corrected chi connectivity index (χ1v) is 7.03. The SMILES string of the molecule is CC(C)(C)C1CCN(C(=O)CSCC(=O)O)C1. The van der Waals surface area contributed by atoms with Crippen LogP contribution in [0.15, 0.2) is 0 Å². The van der Waals surface area contributed by atoms with Gasteiger partial charge in [0.05, 0.1) is 11.5 Å². The second-order valence-electron chi connectivity index (χ2n) is 5.58. The van der Waals surface area contributed by atoms with Gasteiger partial charge in [-0.3, -0.25) is 9.59 Å². The number of carbonyl (C=O) groups excluding carboxylic acids is 1. The number of hydrogen-bond acceptors (Lipinski definition) is 3. The highest BCUT2D eigenvalue weighted by Gasteiger charge is 2.33. The van der Waals surface area contributed by atoms with E-state index in [1.807, 2.05) is 4.90 Å². The van der Waals surface area contributed by atoms with Crippen LogP contribution in [0.25, 0.3) is 0 Å². The quantitative estimate of drug-likeness (QED) is 0.835. The van der Waals surface area contributed by atoms with Crippen LogP contribution >= 0.6 is 11.8 Å². The molecule has 0 bridgehead atoms. The van der Waals surface area contributed by atoms with E-state index in [1.165, 1.54) is 11.8 Å². The number of carboxylic acid groups (broad SMARTS) is 1. The van der Waals surface area contributed by atoms with Crippen molar-refractivity contribution in [1.29, 1.82) is 0 Å². The summed E-state index contributed by atoms with van der Waals surface area (Å²) in [6.07, 6.45) is 1.05. The van der Waals surface area contributed by atoms with E-state index in [4.69, 9.17) is 5.11 Å². The second-order valence-corrected chi connectivity index (χ2v) is 6.56. The molecule has 1 saturated heterocycles. The van der Waals surface area contributed by atoms with Crippen LogP contribution in [0.5, 0.6) is 0 Å². The van der Waals surface area contributed by atoms with Gasteiger partial charge in [0, 0.05) is 13.1 Å². The van der Waals surface area contributed by atoms with Crippen molar-refractivity contribution in [2.45, 2.75) is 27.2 Å². The molecule has 1 fully saturated rings. The highest BCUT2D eigenvalue weighted by molar-refractivity contribution is 8.00. The molecule has 1 aliphatic rings. The van der Waals surface area contributed by atoms with Crippen molar-refractivity contribution >= 4 is 23.6 Å². The molecule has 0 aromatic carbocycles. The minimum absolute atomic E-state index is 0.00226. The van der Waals surface area contributed by atoms with Crippen LogP contribution in [-0.2, 0) is 9.59 Å². The predicted molar refractivity (Wildman–Crippen MR) is 69.1 cm³/mol. The summed E-state index contributed by atoms with van der Waals surface area (Å²) in [4.78, 5) is 24.0. The highest BCUT2D eigenvalue weighted by atomic mass is 32.2. The molecule has 1 unspecified atom stereocenters. The van der Waals surface area contributed by atoms with E-state index in [1.54, 1.807) is 0 Å². The molecule has 0 saturated carbocycles. The van der Waals surface area contributed by atoms with Crippen molar-refractivity contribution < 1.29 is 14.7 Å². The lowest BCUT2D eigenvalue weighted by Gasteiger charge is -2.26. The molecule has 1 rings (SSSR count). The van der Waals surface area contributed by atoms with Gasteiger partial charge in [0.15, 0.2) is 0 Å². The van der Waals surface area contributed by atoms with Crippen LogP contribution in [-0.4, -0.2) is 46.5 Å². The molecular weight excluding hydrogens is 238 g/mol. The van der Waals surface area contributed by atoms with Crippen molar-refractivity contribution in [2.24, 2.45) is 11.3 Å². The zero-order valence-electron chi connectivity index (χ0n) is 10.7. The predicted octanol–water partition coefficient (Wildman–Crippen LogP) is 1.70. The maximum Gasteiger partial charge on any atom is 0.313 e. The molecule has 1 aliphatic heterocycles. The number of amides is 1.